The Balaban J connectivity index is 2.64. The van der Waals surface area contributed by atoms with Gasteiger partial charge >= 0.3 is 0 Å². The molecule has 0 saturated carbocycles. The summed E-state index contributed by atoms with van der Waals surface area (Å²) in [5.41, 5.74) is 0. The minimum Gasteiger partial charge on any atom is -0.376 e. The van der Waals surface area contributed by atoms with Crippen LogP contribution in [0.25, 0.3) is 0 Å². The van der Waals surface area contributed by atoms with Crippen LogP contribution in [0.5, 0.6) is 0 Å². The van der Waals surface area contributed by atoms with E-state index in [2.05, 4.69) is 29.0 Å². The van der Waals surface area contributed by atoms with Crippen molar-refractivity contribution in [3.8, 4) is 0 Å². The quantitative estimate of drug-likeness (QED) is 0.108. The van der Waals surface area contributed by atoms with E-state index in [1.807, 2.05) is 0 Å². The predicted octanol–water partition coefficient (Wildman–Crippen LogP) is -2.79. The Bertz CT molecular complexity index is 1030. The summed E-state index contributed by atoms with van der Waals surface area (Å²) in [6.45, 7) is -2.26. The van der Waals surface area contributed by atoms with Gasteiger partial charge in [0.25, 0.3) is 30.5 Å². The Morgan fingerprint density at radius 2 is 0.860 bits per heavy atom. The molecule has 2 saturated heterocycles. The second-order valence-corrected chi connectivity index (χ2v) is 7.84. The van der Waals surface area contributed by atoms with Gasteiger partial charge < -0.3 is 52.7 Å². The van der Waals surface area contributed by atoms with Gasteiger partial charge in [-0.05, 0) is 0 Å². The molecule has 0 aliphatic carbocycles. The van der Waals surface area contributed by atoms with E-state index in [1.54, 1.807) is 0 Å². The normalized spacial score (nSPS) is 32.0. The van der Waals surface area contributed by atoms with Crippen molar-refractivity contribution in [3.05, 3.63) is 60.7 Å². The predicted molar refractivity (Wildman–Crippen MR) is 113 cm³/mol. The first-order valence-electron chi connectivity index (χ1n) is 11.0. The summed E-state index contributed by atoms with van der Waals surface area (Å²) >= 11 is 0. The Kier molecular flexibility index (Phi) is 12.2. The lowest BCUT2D eigenvalue weighted by atomic mass is 9.96. The average Bonchev–Trinajstić information content (AvgIpc) is 2.89. The summed E-state index contributed by atoms with van der Waals surface area (Å²) in [5, 5.41) is 57.9. The van der Waals surface area contributed by atoms with Crippen LogP contribution in [0, 0.1) is 60.7 Å². The maximum Gasteiger partial charge on any atom is 0.295 e. The van der Waals surface area contributed by atoms with Crippen LogP contribution >= 0.6 is 0 Å². The van der Waals surface area contributed by atoms with Crippen LogP contribution in [0.2, 0.25) is 0 Å². The van der Waals surface area contributed by atoms with Crippen molar-refractivity contribution >= 4 is 0 Å². The van der Waals surface area contributed by atoms with Gasteiger partial charge in [-0.2, -0.15) is 0 Å². The van der Waals surface area contributed by atoms with E-state index < -0.39 is 105 Å². The monoisotopic (exact) mass is 640 g/mol. The van der Waals surface area contributed by atoms with Gasteiger partial charge in [0, 0.05) is 14.2 Å². The number of hydrogen-bond donors (Lipinski definition) is 0. The van der Waals surface area contributed by atoms with Crippen molar-refractivity contribution in [1.82, 2.24) is 0 Å². The topological polar surface area (TPSA) is 360 Å². The molecular formula is C14H20N6O23. The van der Waals surface area contributed by atoms with Gasteiger partial charge in [0.05, 0.1) is 0 Å². The molecule has 0 spiro atoms. The van der Waals surface area contributed by atoms with Crippen LogP contribution in [-0.2, 0) is 52.7 Å². The largest absolute Gasteiger partial charge is 0.376 e. The van der Waals surface area contributed by atoms with E-state index in [1.165, 1.54) is 0 Å². The van der Waals surface area contributed by atoms with Crippen molar-refractivity contribution in [2.75, 3.05) is 27.4 Å². The van der Waals surface area contributed by atoms with Crippen LogP contribution in [0.4, 0.5) is 0 Å². The lowest BCUT2D eigenvalue weighted by Gasteiger charge is -2.47. The minimum atomic E-state index is -2.40. The lowest BCUT2D eigenvalue weighted by molar-refractivity contribution is -0.811. The number of hydrogen-bond acceptors (Lipinski definition) is 23. The Labute approximate surface area is 233 Å². The molecule has 43 heavy (non-hydrogen) atoms. The fourth-order valence-corrected chi connectivity index (χ4v) is 4.06. The molecule has 2 aliphatic heterocycles. The Hall–Kier alpha value is -5.00. The molecule has 0 radical (unpaired) electrons. The zero-order chi connectivity index (χ0) is 32.4. The molecule has 29 nitrogen and oxygen atoms in total. The molecule has 4 unspecified atom stereocenters. The maximum absolute atomic E-state index is 11.3. The summed E-state index contributed by atoms with van der Waals surface area (Å²) in [6.07, 6.45) is -21.2. The average molecular weight is 640 g/mol. The Morgan fingerprint density at radius 3 is 1.26 bits per heavy atom. The highest BCUT2D eigenvalue weighted by atomic mass is 17.0. The fourth-order valence-electron chi connectivity index (χ4n) is 4.06. The molecule has 2 heterocycles. The zero-order valence-corrected chi connectivity index (χ0v) is 21.3. The van der Waals surface area contributed by atoms with Crippen LogP contribution in [0.15, 0.2) is 0 Å². The molecule has 2 rings (SSSR count). The smallest absolute Gasteiger partial charge is 0.295 e. The Morgan fingerprint density at radius 1 is 0.488 bits per heavy atom. The summed E-state index contributed by atoms with van der Waals surface area (Å²) in [5.74, 6) is 0. The molecule has 0 aromatic heterocycles. The van der Waals surface area contributed by atoms with Crippen molar-refractivity contribution < 1.29 is 83.2 Å². The molecule has 10 atom stereocenters. The van der Waals surface area contributed by atoms with Crippen molar-refractivity contribution in [1.29, 1.82) is 0 Å². The van der Waals surface area contributed by atoms with Gasteiger partial charge in [0.1, 0.15) is 37.6 Å². The number of nitrogens with zero attached hydrogens (tertiary/aromatic N) is 6. The summed E-state index contributed by atoms with van der Waals surface area (Å²) in [6, 6.07) is 0. The first-order chi connectivity index (χ1) is 20.2. The molecule has 244 valence electrons. The van der Waals surface area contributed by atoms with Crippen molar-refractivity contribution in [2.24, 2.45) is 0 Å². The van der Waals surface area contributed by atoms with Gasteiger partial charge in [-0.25, -0.2) is 0 Å². The van der Waals surface area contributed by atoms with E-state index >= 15 is 0 Å². The SMILES string of the molecule is CO[C@@H]1O[C@@H](CO[N+](=O)[O-])[C@@H](O[C@@H]2OC(CO[N+](=O)[O-])[C@@H](OC)[C@H](O[N+](=O)[O-])C2O[N+](=O)[O-])C(O[N+](=O)[O-])C1O[N+](=O)[O-]. The maximum atomic E-state index is 11.3. The second-order valence-electron chi connectivity index (χ2n) is 7.84. The molecule has 2 aliphatic rings. The van der Waals surface area contributed by atoms with Crippen molar-refractivity contribution in [3.63, 3.8) is 0 Å². The second kappa shape index (κ2) is 15.3. The third-order valence-electron chi connectivity index (χ3n) is 5.50. The summed E-state index contributed by atoms with van der Waals surface area (Å²) < 4.78 is 26.0. The van der Waals surface area contributed by atoms with E-state index in [-0.39, 0.29) is 0 Å². The van der Waals surface area contributed by atoms with E-state index in [4.69, 9.17) is 23.7 Å². The first-order valence-corrected chi connectivity index (χ1v) is 11.0. The van der Waals surface area contributed by atoms with Crippen LogP contribution < -0.4 is 0 Å². The molecule has 2 fully saturated rings. The fraction of sp³-hybridized carbons (Fsp3) is 1.00. The highest BCUT2D eigenvalue weighted by Gasteiger charge is 2.57. The van der Waals surface area contributed by atoms with Crippen LogP contribution in [-0.4, -0.2) is 119 Å². The molecular weight excluding hydrogens is 620 g/mol. The van der Waals surface area contributed by atoms with E-state index in [0.29, 0.717) is 0 Å². The van der Waals surface area contributed by atoms with Crippen LogP contribution in [0.1, 0.15) is 0 Å². The van der Waals surface area contributed by atoms with Gasteiger partial charge in [-0.3, -0.25) is 0 Å². The molecule has 0 bridgehead atoms. The molecule has 0 aromatic rings. The highest BCUT2D eigenvalue weighted by molar-refractivity contribution is 4.96. The number of methoxy groups -OCH3 is 2. The van der Waals surface area contributed by atoms with Gasteiger partial charge in [0.15, 0.2) is 37.0 Å². The number of ether oxygens (including phenoxy) is 5. The molecule has 29 heteroatoms. The molecule has 0 N–H and O–H groups in total. The standard InChI is InChI=1S/C14H20N6O23/c1-33-7-5(3-35-15(21)22)38-14(12(43-20(31)32)9(7)40-17(25)26)39-8-6(4-36-16(23)24)37-13(34-2)11(42-19(29)30)10(8)41-18(27)28/h5-14H,3-4H2,1-2H3/t5?,6-,7+,8+,9-,10?,11?,12?,13+,14-/m0/s1. The summed E-state index contributed by atoms with van der Waals surface area (Å²) in [4.78, 5) is 92.6. The van der Waals surface area contributed by atoms with E-state index in [0.717, 1.165) is 14.2 Å². The van der Waals surface area contributed by atoms with E-state index in [9.17, 15) is 60.7 Å². The third-order valence-corrected chi connectivity index (χ3v) is 5.50. The minimum absolute atomic E-state index is 0.881. The lowest BCUT2D eigenvalue weighted by Crippen LogP contribution is -2.67. The summed E-state index contributed by atoms with van der Waals surface area (Å²) in [7, 11) is 1.77. The van der Waals surface area contributed by atoms with Gasteiger partial charge in [0.2, 0.25) is 0 Å². The van der Waals surface area contributed by atoms with Gasteiger partial charge in [-0.15, -0.1) is 60.7 Å². The third kappa shape index (κ3) is 9.52. The van der Waals surface area contributed by atoms with Crippen molar-refractivity contribution in [2.45, 2.75) is 61.4 Å². The zero-order valence-electron chi connectivity index (χ0n) is 21.3. The highest BCUT2D eigenvalue weighted by Crippen LogP contribution is 2.35. The molecule has 0 aromatic carbocycles. The van der Waals surface area contributed by atoms with Gasteiger partial charge in [-0.1, -0.05) is 0 Å². The number of rotatable bonds is 18. The molecule has 0 amide bonds. The van der Waals surface area contributed by atoms with Crippen LogP contribution in [0.3, 0.4) is 0 Å². The first kappa shape index (κ1) is 34.2.